The molecule has 0 aliphatic carbocycles. The minimum atomic E-state index is -0.750. The van der Waals surface area contributed by atoms with E-state index in [1.165, 1.54) is 11.8 Å². The third-order valence-electron chi connectivity index (χ3n) is 6.38. The van der Waals surface area contributed by atoms with Gasteiger partial charge in [0.1, 0.15) is 0 Å². The Morgan fingerprint density at radius 3 is 2.61 bits per heavy atom. The van der Waals surface area contributed by atoms with Crippen LogP contribution in [0.1, 0.15) is 38.7 Å². The third-order valence-corrected chi connectivity index (χ3v) is 7.56. The van der Waals surface area contributed by atoms with Crippen LogP contribution in [0.5, 0.6) is 0 Å². The smallest absolute Gasteiger partial charge is 0.234 e. The molecule has 2 amide bonds. The van der Waals surface area contributed by atoms with Crippen molar-refractivity contribution in [3.8, 4) is 0 Å². The van der Waals surface area contributed by atoms with Gasteiger partial charge in [-0.2, -0.15) is 0 Å². The Labute approximate surface area is 217 Å². The van der Waals surface area contributed by atoms with Crippen molar-refractivity contribution in [3.63, 3.8) is 0 Å². The van der Waals surface area contributed by atoms with Crippen molar-refractivity contribution in [1.82, 2.24) is 0 Å². The number of nitrogens with one attached hydrogen (secondary N) is 2. The van der Waals surface area contributed by atoms with Gasteiger partial charge in [0.25, 0.3) is 0 Å². The fourth-order valence-corrected chi connectivity index (χ4v) is 5.15. The second-order valence-corrected chi connectivity index (χ2v) is 10.2. The predicted molar refractivity (Wildman–Crippen MR) is 145 cm³/mol. The van der Waals surface area contributed by atoms with Crippen molar-refractivity contribution in [2.24, 2.45) is 5.92 Å². The molecule has 2 bridgehead atoms. The summed E-state index contributed by atoms with van der Waals surface area (Å²) >= 11 is 1.49. The van der Waals surface area contributed by atoms with Gasteiger partial charge in [-0.3, -0.25) is 9.59 Å². The molecular formula is C28H36N2O5S. The number of amides is 2. The number of anilines is 2. The fraction of sp³-hybridized carbons (Fsp3) is 0.429. The first-order chi connectivity index (χ1) is 17.3. The van der Waals surface area contributed by atoms with Crippen LogP contribution in [0.2, 0.25) is 0 Å². The highest BCUT2D eigenvalue weighted by Gasteiger charge is 2.23. The zero-order valence-corrected chi connectivity index (χ0v) is 21.9. The Balaban J connectivity index is 1.90. The molecule has 2 heterocycles. The Bertz CT molecular complexity index is 1060. The van der Waals surface area contributed by atoms with Gasteiger partial charge in [0, 0.05) is 23.6 Å². The van der Waals surface area contributed by atoms with E-state index in [2.05, 4.69) is 10.6 Å². The number of ether oxygens (including phenoxy) is 1. The van der Waals surface area contributed by atoms with Gasteiger partial charge in [-0.15, -0.1) is 11.8 Å². The second-order valence-electron chi connectivity index (χ2n) is 9.17. The lowest BCUT2D eigenvalue weighted by Gasteiger charge is -2.24. The van der Waals surface area contributed by atoms with Crippen molar-refractivity contribution in [2.75, 3.05) is 23.5 Å². The van der Waals surface area contributed by atoms with Gasteiger partial charge in [-0.1, -0.05) is 49.5 Å². The summed E-state index contributed by atoms with van der Waals surface area (Å²) < 4.78 is 5.43. The van der Waals surface area contributed by atoms with Crippen LogP contribution in [0.4, 0.5) is 11.4 Å². The minimum Gasteiger partial charge on any atom is -0.392 e. The molecule has 194 valence electrons. The molecule has 8 heteroatoms. The quantitative estimate of drug-likeness (QED) is 0.416. The summed E-state index contributed by atoms with van der Waals surface area (Å²) in [7, 11) is 1.56. The predicted octanol–water partition coefficient (Wildman–Crippen LogP) is 4.38. The Hall–Kier alpha value is -2.65. The molecule has 4 atom stereocenters. The number of aliphatic hydroxyl groups excluding tert-OH is 2. The molecule has 0 fully saturated rings. The molecule has 0 saturated heterocycles. The van der Waals surface area contributed by atoms with E-state index in [0.29, 0.717) is 36.4 Å². The highest BCUT2D eigenvalue weighted by atomic mass is 32.2. The molecule has 2 aliphatic heterocycles. The van der Waals surface area contributed by atoms with Crippen molar-refractivity contribution in [2.45, 2.75) is 62.7 Å². The molecule has 0 unspecified atom stereocenters. The van der Waals surface area contributed by atoms with E-state index >= 15 is 0 Å². The van der Waals surface area contributed by atoms with E-state index in [1.54, 1.807) is 13.2 Å². The van der Waals surface area contributed by atoms with Crippen molar-refractivity contribution < 1.29 is 24.5 Å². The maximum Gasteiger partial charge on any atom is 0.234 e. The molecule has 0 aromatic heterocycles. The topological polar surface area (TPSA) is 108 Å². The maximum atomic E-state index is 12.7. The molecule has 4 N–H and O–H groups in total. The lowest BCUT2D eigenvalue weighted by atomic mass is 9.90. The number of aliphatic hydroxyl groups is 2. The monoisotopic (exact) mass is 512 g/mol. The summed E-state index contributed by atoms with van der Waals surface area (Å²) in [6.45, 7) is 3.73. The molecule has 36 heavy (non-hydrogen) atoms. The van der Waals surface area contributed by atoms with Gasteiger partial charge >= 0.3 is 0 Å². The number of hydrogen-bond donors (Lipinski definition) is 4. The van der Waals surface area contributed by atoms with Gasteiger partial charge in [0.15, 0.2) is 0 Å². The minimum absolute atomic E-state index is 0.0715. The number of allylic oxidation sites excluding steroid dienone is 5. The van der Waals surface area contributed by atoms with Crippen LogP contribution in [0.3, 0.4) is 0 Å². The lowest BCUT2D eigenvalue weighted by molar-refractivity contribution is -0.118. The van der Waals surface area contributed by atoms with Crippen molar-refractivity contribution in [3.05, 3.63) is 65.8 Å². The van der Waals surface area contributed by atoms with E-state index in [-0.39, 0.29) is 24.2 Å². The van der Waals surface area contributed by atoms with Gasteiger partial charge in [0.05, 0.1) is 36.2 Å². The SMILES string of the molecule is CO[C@H]1/C=C/C=C/C=C/C[C@H](O)[C@H](C)[C@@H](O)/C(C)=C\CCc2cc(cc3c2SCC(=O)N3)NC(=O)C1. The summed E-state index contributed by atoms with van der Waals surface area (Å²) in [5.41, 5.74) is 3.14. The summed E-state index contributed by atoms with van der Waals surface area (Å²) in [6.07, 6.45) is 13.1. The van der Waals surface area contributed by atoms with E-state index in [4.69, 9.17) is 4.74 Å². The highest BCUT2D eigenvalue weighted by molar-refractivity contribution is 8.00. The first-order valence-electron chi connectivity index (χ1n) is 12.2. The molecule has 0 spiro atoms. The van der Waals surface area contributed by atoms with E-state index in [0.717, 1.165) is 16.0 Å². The largest absolute Gasteiger partial charge is 0.392 e. The van der Waals surface area contributed by atoms with Crippen LogP contribution >= 0.6 is 11.8 Å². The Morgan fingerprint density at radius 2 is 1.83 bits per heavy atom. The third kappa shape index (κ3) is 7.93. The van der Waals surface area contributed by atoms with Crippen LogP contribution < -0.4 is 10.6 Å². The highest BCUT2D eigenvalue weighted by Crippen LogP contribution is 2.38. The molecule has 3 rings (SSSR count). The average Bonchev–Trinajstić information content (AvgIpc) is 2.85. The van der Waals surface area contributed by atoms with Gasteiger partial charge in [-0.05, 0) is 49.5 Å². The maximum absolute atomic E-state index is 12.7. The first-order valence-corrected chi connectivity index (χ1v) is 13.2. The zero-order chi connectivity index (χ0) is 26.1. The molecular weight excluding hydrogens is 476 g/mol. The van der Waals surface area contributed by atoms with Crippen LogP contribution in [0.15, 0.2) is 65.1 Å². The van der Waals surface area contributed by atoms with Gasteiger partial charge in [-0.25, -0.2) is 0 Å². The van der Waals surface area contributed by atoms with Gasteiger partial charge < -0.3 is 25.6 Å². The number of carbonyl (C=O) groups is 2. The molecule has 0 radical (unpaired) electrons. The van der Waals surface area contributed by atoms with E-state index in [1.807, 2.05) is 62.4 Å². The fourth-order valence-electron chi connectivity index (χ4n) is 4.19. The number of hydrogen-bond acceptors (Lipinski definition) is 6. The van der Waals surface area contributed by atoms with Crippen LogP contribution in [0.25, 0.3) is 0 Å². The van der Waals surface area contributed by atoms with Crippen molar-refractivity contribution >= 4 is 35.0 Å². The molecule has 7 nitrogen and oxygen atoms in total. The summed E-state index contributed by atoms with van der Waals surface area (Å²) in [4.78, 5) is 25.7. The molecule has 2 aliphatic rings. The normalized spacial score (nSPS) is 30.4. The number of fused-ring (bicyclic) bond motifs is 4. The number of carbonyl (C=O) groups excluding carboxylic acids is 2. The number of aryl methyl sites for hydroxylation is 1. The number of methoxy groups -OCH3 is 1. The van der Waals surface area contributed by atoms with Crippen LogP contribution in [-0.4, -0.2) is 53.2 Å². The van der Waals surface area contributed by atoms with E-state index < -0.39 is 18.3 Å². The molecule has 1 aromatic carbocycles. The first kappa shape index (κ1) is 27.9. The number of thioether (sulfide) groups is 1. The zero-order valence-electron chi connectivity index (χ0n) is 21.1. The standard InChI is InChI=1S/C28H36N2O5S/c1-18-10-9-11-20-14-21(15-23-28(20)36-17-26(33)30-23)29-25(32)16-22(35-3)12-7-5-4-6-8-13-24(31)19(2)27(18)34/h4-8,10,12,14-15,19,22,24,27,31,34H,9,11,13,16-17H2,1-3H3,(H,29,32)(H,30,33)/b5-4+,8-6+,12-7+,18-10-/t19-,22-,24-,27-/m0/s1. The molecule has 0 saturated carbocycles. The Kier molecular flexibility index (Phi) is 10.6. The van der Waals surface area contributed by atoms with Crippen LogP contribution in [-0.2, 0) is 20.7 Å². The Morgan fingerprint density at radius 1 is 1.06 bits per heavy atom. The number of rotatable bonds is 1. The summed E-state index contributed by atoms with van der Waals surface area (Å²) in [5.74, 6) is -0.232. The van der Waals surface area contributed by atoms with Gasteiger partial charge in [0.2, 0.25) is 11.8 Å². The average molecular weight is 513 g/mol. The van der Waals surface area contributed by atoms with E-state index in [9.17, 15) is 19.8 Å². The molecule has 1 aromatic rings. The summed E-state index contributed by atoms with van der Waals surface area (Å²) in [6, 6.07) is 3.73. The second kappa shape index (κ2) is 13.6. The lowest BCUT2D eigenvalue weighted by Crippen LogP contribution is -2.30. The summed E-state index contributed by atoms with van der Waals surface area (Å²) in [5, 5.41) is 27.1. The van der Waals surface area contributed by atoms with Crippen LogP contribution in [0, 0.1) is 5.92 Å². The van der Waals surface area contributed by atoms with Crippen molar-refractivity contribution in [1.29, 1.82) is 0 Å². The number of benzene rings is 1.